The molecule has 0 fully saturated rings. The second-order valence-electron chi connectivity index (χ2n) is 30.5. The summed E-state index contributed by atoms with van der Waals surface area (Å²) in [5.41, 5.74) is 11.8. The number of rotatable bonds is 20. The lowest BCUT2D eigenvalue weighted by atomic mass is 10.1. The van der Waals surface area contributed by atoms with Gasteiger partial charge in [-0.2, -0.15) is 0 Å². The Bertz CT molecular complexity index is 7300. The Morgan fingerprint density at radius 1 is 0.294 bits per heavy atom. The van der Waals surface area contributed by atoms with Crippen LogP contribution in [0.4, 0.5) is 105 Å². The van der Waals surface area contributed by atoms with Gasteiger partial charge >= 0.3 is 0 Å². The van der Waals surface area contributed by atoms with E-state index in [1.165, 1.54) is 77.1 Å². The minimum Gasteiger partial charge on any atom is -0.504 e. The molecule has 0 unspecified atom stereocenters. The second-order valence-corrected chi connectivity index (χ2v) is 30.5. The molecular weight excluding hydrogens is 1750 g/mol. The van der Waals surface area contributed by atoms with Crippen LogP contribution in [-0.4, -0.2) is 110 Å². The number of aliphatic imine (C=N–C) groups is 5. The van der Waals surface area contributed by atoms with E-state index < -0.39 is 34.8 Å². The lowest BCUT2D eigenvalue weighted by molar-refractivity contribution is 0.100. The predicted molar refractivity (Wildman–Crippen MR) is 511 cm³/mol. The topological polar surface area (TPSA) is 439 Å². The largest absolute Gasteiger partial charge is 0.504 e. The van der Waals surface area contributed by atoms with Crippen LogP contribution in [-0.2, 0) is 0 Å². The SMILES string of the molecule is CC(=O)c1c(Nc2ccc(C)cc2)oc(C=C2C=Nc3ncccc32)c1O.CC(=O)c1c(Nc2ccc(F)cc2)oc(C=C2C=Nc3ncccc32)c1O.CC(=O)c1c(Nc2ccc(F)cc2F)oc(C=C2C=Nc3ncccc32)c1O.CC(=O)c1c(Nc2ccccc2C)oc(C=C2C=Nc3ncccc32)c1O.CC(=O)c1c(Nc2ccccc2F)oc(C=C2C=Nc3ncccc32)c1O. The van der Waals surface area contributed by atoms with Crippen molar-refractivity contribution < 1.29 is 89.2 Å². The number of para-hydroxylation sites is 2. The molecule has 0 atom stereocenters. The summed E-state index contributed by atoms with van der Waals surface area (Å²) in [5, 5.41) is 67.0. The standard InChI is InChI=1S/2C21H17N3O3.C20H13F2N3O3.2C20H14FN3O3/c1-12-5-7-15(8-6-12)24-21-18(13(2)25)19(26)17(27-21)10-14-11-23-20-16(14)4-3-9-22-20;1-12-6-3-4-8-16(12)24-21-18(13(2)25)19(26)17(27-21)10-14-11-23-20-15(14)7-5-9-22-20;1-10(26)17-18(27)16(7-11-9-24-19-13(11)3-2-6-23-19)28-20(17)25-15-5-4-12(21)8-14(15)22;1-11(25)17-18(26)16(9-12-10-23-19-15(12)3-2-8-22-19)27-20(17)24-14-6-4-13(21)5-7-14;1-11(25)17-18(26)16(9-12-10-23-19-13(12)5-4-8-22-19)27-20(17)24-15-7-3-2-6-14(15)21/h2*3-11,24,26H,1-2H3;2-9,25,27H,1H3;2*2-10,24,26H,1H3. The molecule has 676 valence electrons. The fourth-order valence-electron chi connectivity index (χ4n) is 14.3. The van der Waals surface area contributed by atoms with Crippen molar-refractivity contribution in [3.63, 3.8) is 0 Å². The van der Waals surface area contributed by atoms with Crippen LogP contribution >= 0.6 is 0 Å². The molecule has 10 aromatic heterocycles. The molecule has 10 N–H and O–H groups in total. The third kappa shape index (κ3) is 19.8. The molecule has 5 aliphatic heterocycles. The third-order valence-electron chi connectivity index (χ3n) is 21.0. The van der Waals surface area contributed by atoms with Crippen molar-refractivity contribution in [2.45, 2.75) is 48.5 Å². The Morgan fingerprint density at radius 3 is 0.853 bits per heavy atom. The van der Waals surface area contributed by atoms with E-state index in [1.807, 2.05) is 98.8 Å². The molecule has 0 spiro atoms. The third-order valence-corrected chi connectivity index (χ3v) is 21.0. The number of nitrogens with zero attached hydrogens (tertiary/aromatic N) is 10. The number of hydrogen-bond donors (Lipinski definition) is 10. The normalized spacial score (nSPS) is 13.8. The maximum atomic E-state index is 13.9. The molecule has 5 aromatic carbocycles. The van der Waals surface area contributed by atoms with Crippen LogP contribution in [0, 0.1) is 37.1 Å². The van der Waals surface area contributed by atoms with Gasteiger partial charge in [0.1, 0.15) is 51.1 Å². The Kier molecular flexibility index (Phi) is 26.3. The summed E-state index contributed by atoms with van der Waals surface area (Å²) < 4.78 is 82.5. The Morgan fingerprint density at radius 2 is 0.559 bits per heavy atom. The first kappa shape index (κ1) is 90.7. The minimum absolute atomic E-state index is 0.00614. The van der Waals surface area contributed by atoms with E-state index >= 15 is 0 Å². The van der Waals surface area contributed by atoms with E-state index in [-0.39, 0.29) is 144 Å². The maximum Gasteiger partial charge on any atom is 0.212 e. The molecule has 30 nitrogen and oxygen atoms in total. The molecule has 0 radical (unpaired) electrons. The second kappa shape index (κ2) is 39.4. The van der Waals surface area contributed by atoms with Gasteiger partial charge in [0.25, 0.3) is 0 Å². The van der Waals surface area contributed by atoms with Crippen LogP contribution in [0.5, 0.6) is 28.7 Å². The smallest absolute Gasteiger partial charge is 0.212 e. The van der Waals surface area contributed by atoms with Gasteiger partial charge in [-0.25, -0.2) is 67.4 Å². The number of Topliss-reactive ketones (excluding diaryl/α,β-unsaturated/α-hetero) is 5. The van der Waals surface area contributed by atoms with Crippen molar-refractivity contribution in [1.82, 2.24) is 24.9 Å². The molecule has 0 saturated carbocycles. The van der Waals surface area contributed by atoms with Crippen LogP contribution in [0.1, 0.15) is 154 Å². The number of hydrogen-bond acceptors (Lipinski definition) is 30. The van der Waals surface area contributed by atoms with E-state index in [0.717, 1.165) is 73.6 Å². The van der Waals surface area contributed by atoms with Gasteiger partial charge in [-0.05, 0) is 212 Å². The van der Waals surface area contributed by atoms with Gasteiger partial charge in [0, 0.05) is 141 Å². The lowest BCUT2D eigenvalue weighted by Crippen LogP contribution is -1.99. The number of pyridine rings is 5. The molecular formula is C102H75F4N15O15. The van der Waals surface area contributed by atoms with Crippen LogP contribution in [0.3, 0.4) is 0 Å². The van der Waals surface area contributed by atoms with Crippen molar-refractivity contribution in [3.05, 3.63) is 326 Å². The molecule has 20 rings (SSSR count). The van der Waals surface area contributed by atoms with Crippen LogP contribution < -0.4 is 26.6 Å². The van der Waals surface area contributed by atoms with Crippen molar-refractivity contribution in [1.29, 1.82) is 0 Å². The summed E-state index contributed by atoms with van der Waals surface area (Å²) in [6.45, 7) is 10.6. The molecule has 15 heterocycles. The lowest BCUT2D eigenvalue weighted by Gasteiger charge is -2.07. The number of allylic oxidation sites excluding steroid dienone is 5. The van der Waals surface area contributed by atoms with E-state index in [9.17, 15) is 67.1 Å². The zero-order valence-electron chi connectivity index (χ0n) is 72.7. The summed E-state index contributed by atoms with van der Waals surface area (Å²) in [6, 6.07) is 47.9. The summed E-state index contributed by atoms with van der Waals surface area (Å²) in [6.07, 6.45) is 24.2. The first-order valence-electron chi connectivity index (χ1n) is 41.4. The molecule has 0 bridgehead atoms. The Labute approximate surface area is 769 Å². The number of halogens is 4. The van der Waals surface area contributed by atoms with Crippen molar-refractivity contribution in [2.24, 2.45) is 25.0 Å². The molecule has 136 heavy (non-hydrogen) atoms. The van der Waals surface area contributed by atoms with Gasteiger partial charge < -0.3 is 74.2 Å². The predicted octanol–water partition coefficient (Wildman–Crippen LogP) is 24.1. The summed E-state index contributed by atoms with van der Waals surface area (Å²) >= 11 is 0. The van der Waals surface area contributed by atoms with Gasteiger partial charge in [0.2, 0.25) is 29.4 Å². The average molecular weight is 1830 g/mol. The van der Waals surface area contributed by atoms with Crippen molar-refractivity contribution in [2.75, 3.05) is 26.6 Å². The number of carbonyl (C=O) groups is 5. The Hall–Kier alpha value is -18.6. The zero-order chi connectivity index (χ0) is 95.7. The van der Waals surface area contributed by atoms with E-state index in [0.29, 0.717) is 57.6 Å². The number of anilines is 10. The highest BCUT2D eigenvalue weighted by Crippen LogP contribution is 2.47. The summed E-state index contributed by atoms with van der Waals surface area (Å²) in [7, 11) is 0. The number of ketones is 5. The highest BCUT2D eigenvalue weighted by molar-refractivity contribution is 6.25. The number of carbonyl (C=O) groups excluding carboxylic acids is 5. The van der Waals surface area contributed by atoms with Gasteiger partial charge in [-0.3, -0.25) is 24.0 Å². The highest BCUT2D eigenvalue weighted by Gasteiger charge is 2.32. The number of aromatic nitrogens is 5. The Balaban J connectivity index is 0.000000123. The molecule has 15 aromatic rings. The van der Waals surface area contributed by atoms with Gasteiger partial charge in [0.05, 0.1) is 11.4 Å². The van der Waals surface area contributed by atoms with Crippen molar-refractivity contribution in [3.8, 4) is 28.7 Å². The number of aromatic hydroxyl groups is 5. The quantitative estimate of drug-likeness (QED) is 0.0250. The highest BCUT2D eigenvalue weighted by atomic mass is 19.1. The summed E-state index contributed by atoms with van der Waals surface area (Å²) in [4.78, 5) is 102. The maximum absolute atomic E-state index is 13.9. The number of furan rings is 5. The number of fused-ring (bicyclic) bond motifs is 5. The average Bonchev–Trinajstić information content (AvgIpc) is 1.68. The molecule has 5 aliphatic rings. The molecule has 0 aliphatic carbocycles. The number of nitrogens with one attached hydrogen (secondary N) is 5. The monoisotopic (exact) mass is 1830 g/mol. The first-order valence-corrected chi connectivity index (χ1v) is 41.4. The fraction of sp³-hybridized carbons (Fsp3) is 0.0686. The van der Waals surface area contributed by atoms with Gasteiger partial charge in [0.15, 0.2) is 116 Å². The van der Waals surface area contributed by atoms with E-state index in [4.69, 9.17) is 22.1 Å². The van der Waals surface area contributed by atoms with Crippen LogP contribution in [0.25, 0.3) is 58.2 Å². The number of aryl methyl sites for hydroxylation is 2. The van der Waals surface area contributed by atoms with E-state index in [1.54, 1.807) is 123 Å². The molecule has 0 saturated heterocycles. The van der Waals surface area contributed by atoms with Gasteiger partial charge in [-0.1, -0.05) is 48.0 Å². The molecule has 0 amide bonds. The fourth-order valence-corrected chi connectivity index (χ4v) is 14.3. The first-order chi connectivity index (χ1) is 65.6. The summed E-state index contributed by atoms with van der Waals surface area (Å²) in [5.74, 6) is -1.98. The minimum atomic E-state index is -0.867. The zero-order valence-corrected chi connectivity index (χ0v) is 72.7. The molecule has 34 heteroatoms. The van der Waals surface area contributed by atoms with Crippen LogP contribution in [0.15, 0.2) is 254 Å². The number of benzene rings is 5. The van der Waals surface area contributed by atoms with Gasteiger partial charge in [-0.15, -0.1) is 0 Å². The van der Waals surface area contributed by atoms with E-state index in [2.05, 4.69) is 76.5 Å². The van der Waals surface area contributed by atoms with Crippen molar-refractivity contribution >= 4 is 205 Å². The van der Waals surface area contributed by atoms with Crippen LogP contribution in [0.2, 0.25) is 0 Å².